The Hall–Kier alpha value is -3.76. The number of benzene rings is 3. The second-order valence-electron chi connectivity index (χ2n) is 9.58. The van der Waals surface area contributed by atoms with Crippen LogP contribution in [0.1, 0.15) is 41.6 Å². The maximum Gasteiger partial charge on any atom is 0.319 e. The zero-order valence-electron chi connectivity index (χ0n) is 22.1. The van der Waals surface area contributed by atoms with Crippen LogP contribution in [0.3, 0.4) is 0 Å². The van der Waals surface area contributed by atoms with Crippen LogP contribution >= 0.6 is 11.8 Å². The molecule has 0 bridgehead atoms. The van der Waals surface area contributed by atoms with Crippen LogP contribution < -0.4 is 10.6 Å². The summed E-state index contributed by atoms with van der Waals surface area (Å²) in [6, 6.07) is 26.6. The summed E-state index contributed by atoms with van der Waals surface area (Å²) in [6.07, 6.45) is 2.53. The molecule has 0 saturated carbocycles. The number of carbonyl (C=O) groups excluding carboxylic acids is 1. The van der Waals surface area contributed by atoms with Gasteiger partial charge in [0.2, 0.25) is 0 Å². The predicted molar refractivity (Wildman–Crippen MR) is 154 cm³/mol. The molecule has 3 N–H and O–H groups in total. The van der Waals surface area contributed by atoms with Gasteiger partial charge in [-0.1, -0.05) is 85.4 Å². The lowest BCUT2D eigenvalue weighted by Gasteiger charge is -2.41. The van der Waals surface area contributed by atoms with E-state index >= 15 is 0 Å². The predicted octanol–water partition coefficient (Wildman–Crippen LogP) is 5.87. The molecule has 1 aromatic heterocycles. The van der Waals surface area contributed by atoms with Gasteiger partial charge in [0, 0.05) is 41.9 Å². The molecule has 40 heavy (non-hydrogen) atoms. The third-order valence-corrected chi connectivity index (χ3v) is 7.74. The molecule has 0 unspecified atom stereocenters. The Kier molecular flexibility index (Phi) is 9.41. The fourth-order valence-electron chi connectivity index (χ4n) is 4.50. The number of hydrogen-bond donors (Lipinski definition) is 3. The first-order chi connectivity index (χ1) is 19.6. The third-order valence-electron chi connectivity index (χ3n) is 6.78. The van der Waals surface area contributed by atoms with E-state index in [0.717, 1.165) is 22.3 Å². The summed E-state index contributed by atoms with van der Waals surface area (Å²) in [6.45, 7) is 2.56. The lowest BCUT2D eigenvalue weighted by Crippen LogP contribution is -2.38. The molecule has 0 aliphatic carbocycles. The van der Waals surface area contributed by atoms with Crippen molar-refractivity contribution in [3.63, 3.8) is 0 Å². The quantitative estimate of drug-likeness (QED) is 0.175. The number of amides is 2. The van der Waals surface area contributed by atoms with Crippen LogP contribution in [0.2, 0.25) is 0 Å². The smallest absolute Gasteiger partial charge is 0.319 e. The molecule has 206 valence electrons. The van der Waals surface area contributed by atoms with E-state index < -0.39 is 6.29 Å². The van der Waals surface area contributed by atoms with Crippen LogP contribution in [0.25, 0.3) is 0 Å². The maximum atomic E-state index is 12.4. The number of rotatable bonds is 9. The number of urea groups is 1. The Labute approximate surface area is 238 Å². The molecular formula is C31H32N4O4S. The number of carbonyl (C=O) groups is 1. The highest BCUT2D eigenvalue weighted by atomic mass is 32.2. The molecule has 0 radical (unpaired) electrons. The van der Waals surface area contributed by atoms with Crippen molar-refractivity contribution in [3.05, 3.63) is 120 Å². The normalized spacial score (nSPS) is 20.6. The number of aliphatic hydroxyl groups is 1. The molecule has 2 heterocycles. The number of nitrogens with zero attached hydrogens (tertiary/aromatic N) is 2. The molecule has 4 aromatic rings. The van der Waals surface area contributed by atoms with E-state index in [1.165, 1.54) is 0 Å². The minimum Gasteiger partial charge on any atom is -0.392 e. The van der Waals surface area contributed by atoms with Crippen molar-refractivity contribution in [2.75, 3.05) is 11.1 Å². The number of ether oxygens (including phenoxy) is 2. The zero-order valence-corrected chi connectivity index (χ0v) is 23.0. The van der Waals surface area contributed by atoms with Gasteiger partial charge in [-0.05, 0) is 34.9 Å². The Bertz CT molecular complexity index is 1360. The van der Waals surface area contributed by atoms with Gasteiger partial charge in [-0.3, -0.25) is 0 Å². The highest BCUT2D eigenvalue weighted by molar-refractivity contribution is 7.99. The Morgan fingerprint density at radius 2 is 1.57 bits per heavy atom. The van der Waals surface area contributed by atoms with Crippen LogP contribution in [0.5, 0.6) is 0 Å². The van der Waals surface area contributed by atoms with Gasteiger partial charge in [-0.25, -0.2) is 14.8 Å². The van der Waals surface area contributed by atoms with Crippen molar-refractivity contribution in [2.24, 2.45) is 5.92 Å². The summed E-state index contributed by atoms with van der Waals surface area (Å²) in [5.74, 6) is 0.721. The molecule has 2 amide bonds. The van der Waals surface area contributed by atoms with Crippen LogP contribution in [0.15, 0.2) is 102 Å². The minimum absolute atomic E-state index is 0.00586. The lowest BCUT2D eigenvalue weighted by molar-refractivity contribution is -0.268. The first-order valence-electron chi connectivity index (χ1n) is 13.2. The molecule has 1 saturated heterocycles. The number of aromatic nitrogens is 2. The van der Waals surface area contributed by atoms with Crippen LogP contribution in [0.4, 0.5) is 10.5 Å². The highest BCUT2D eigenvalue weighted by Gasteiger charge is 2.38. The molecule has 5 rings (SSSR count). The van der Waals surface area contributed by atoms with Crippen LogP contribution in [-0.4, -0.2) is 33.0 Å². The fraction of sp³-hybridized carbons (Fsp3) is 0.258. The van der Waals surface area contributed by atoms with Crippen molar-refractivity contribution in [3.8, 4) is 0 Å². The number of thioether (sulfide) groups is 1. The average molecular weight is 557 g/mol. The zero-order chi connectivity index (χ0) is 27.7. The van der Waals surface area contributed by atoms with E-state index in [4.69, 9.17) is 9.47 Å². The van der Waals surface area contributed by atoms with E-state index in [2.05, 4.69) is 27.5 Å². The highest BCUT2D eigenvalue weighted by Crippen LogP contribution is 2.42. The topological polar surface area (TPSA) is 106 Å². The first-order valence-corrected chi connectivity index (χ1v) is 14.2. The van der Waals surface area contributed by atoms with E-state index in [9.17, 15) is 9.90 Å². The van der Waals surface area contributed by atoms with Crippen molar-refractivity contribution in [1.82, 2.24) is 15.3 Å². The van der Waals surface area contributed by atoms with Gasteiger partial charge in [0.05, 0.1) is 18.8 Å². The summed E-state index contributed by atoms with van der Waals surface area (Å²) in [5.41, 5.74) is 4.43. The van der Waals surface area contributed by atoms with E-state index in [0.29, 0.717) is 23.1 Å². The van der Waals surface area contributed by atoms with Gasteiger partial charge in [-0.2, -0.15) is 0 Å². The average Bonchev–Trinajstić information content (AvgIpc) is 3.01. The summed E-state index contributed by atoms with van der Waals surface area (Å²) in [4.78, 5) is 21.0. The van der Waals surface area contributed by atoms with Gasteiger partial charge < -0.3 is 25.2 Å². The van der Waals surface area contributed by atoms with E-state index in [-0.39, 0.29) is 30.8 Å². The summed E-state index contributed by atoms with van der Waals surface area (Å²) in [5, 5.41) is 15.9. The van der Waals surface area contributed by atoms with Gasteiger partial charge in [-0.15, -0.1) is 0 Å². The van der Waals surface area contributed by atoms with Crippen LogP contribution in [0, 0.1) is 5.92 Å². The SMILES string of the molecule is C[C@@H]1[C@H](CSc2ncccn2)O[C@H](c2ccc(NC(=O)NCc3ccccc3)cc2)O[C@@H]1c1ccc(CO)cc1. The fourth-order valence-corrected chi connectivity index (χ4v) is 5.47. The Morgan fingerprint density at radius 1 is 0.875 bits per heavy atom. The van der Waals surface area contributed by atoms with E-state index in [1.54, 1.807) is 30.2 Å². The number of aliphatic hydroxyl groups excluding tert-OH is 1. The number of hydrogen-bond acceptors (Lipinski definition) is 7. The summed E-state index contributed by atoms with van der Waals surface area (Å²) in [7, 11) is 0. The maximum absolute atomic E-state index is 12.4. The summed E-state index contributed by atoms with van der Waals surface area (Å²) < 4.78 is 13.0. The Balaban J connectivity index is 1.27. The summed E-state index contributed by atoms with van der Waals surface area (Å²) >= 11 is 1.55. The van der Waals surface area contributed by atoms with Crippen molar-refractivity contribution in [1.29, 1.82) is 0 Å². The third kappa shape index (κ3) is 7.25. The second kappa shape index (κ2) is 13.5. The molecule has 3 aromatic carbocycles. The molecule has 1 aliphatic heterocycles. The number of nitrogens with one attached hydrogen (secondary N) is 2. The Morgan fingerprint density at radius 3 is 2.27 bits per heavy atom. The van der Waals surface area contributed by atoms with Crippen molar-refractivity contribution >= 4 is 23.5 Å². The molecule has 1 aliphatic rings. The molecule has 4 atom stereocenters. The molecule has 1 fully saturated rings. The van der Waals surface area contributed by atoms with Gasteiger partial charge in [0.15, 0.2) is 11.4 Å². The van der Waals surface area contributed by atoms with Crippen LogP contribution in [-0.2, 0) is 22.6 Å². The first kappa shape index (κ1) is 27.8. The molecule has 8 nitrogen and oxygen atoms in total. The van der Waals surface area contributed by atoms with Gasteiger partial charge in [0.25, 0.3) is 0 Å². The van der Waals surface area contributed by atoms with Gasteiger partial charge >= 0.3 is 6.03 Å². The second-order valence-corrected chi connectivity index (χ2v) is 10.6. The van der Waals surface area contributed by atoms with Crippen molar-refractivity contribution in [2.45, 2.75) is 43.7 Å². The molecule has 0 spiro atoms. The lowest BCUT2D eigenvalue weighted by atomic mass is 9.91. The monoisotopic (exact) mass is 556 g/mol. The van der Waals surface area contributed by atoms with E-state index in [1.807, 2.05) is 78.9 Å². The van der Waals surface area contributed by atoms with Gasteiger partial charge in [0.1, 0.15) is 0 Å². The molecular weight excluding hydrogens is 524 g/mol. The number of anilines is 1. The largest absolute Gasteiger partial charge is 0.392 e. The minimum atomic E-state index is -0.595. The standard InChI is InChI=1S/C31H32N4O4S/c1-21-27(20-40-31-32-16-5-17-33-31)38-29(39-28(21)24-10-8-23(19-36)9-11-24)25-12-14-26(15-13-25)35-30(37)34-18-22-6-3-2-4-7-22/h2-17,21,27-29,36H,18-20H2,1H3,(H2,34,35,37)/t21-,27+,28+,29+/m1/s1. The van der Waals surface area contributed by atoms with Crippen molar-refractivity contribution < 1.29 is 19.4 Å². The molecule has 9 heteroatoms.